The van der Waals surface area contributed by atoms with Crippen molar-refractivity contribution in [3.8, 4) is 0 Å². The lowest BCUT2D eigenvalue weighted by Gasteiger charge is -2.34. The summed E-state index contributed by atoms with van der Waals surface area (Å²) in [7, 11) is 0. The second-order valence-electron chi connectivity index (χ2n) is 7.31. The minimum atomic E-state index is -1.43. The predicted octanol–water partition coefficient (Wildman–Crippen LogP) is 2.78. The zero-order valence-corrected chi connectivity index (χ0v) is 16.5. The van der Waals surface area contributed by atoms with Crippen LogP contribution in [0.5, 0.6) is 0 Å². The van der Waals surface area contributed by atoms with Crippen LogP contribution in [0, 0.1) is 11.7 Å². The summed E-state index contributed by atoms with van der Waals surface area (Å²) in [6.45, 7) is 2.55. The quantitative estimate of drug-likeness (QED) is 0.632. The van der Waals surface area contributed by atoms with E-state index in [2.05, 4.69) is 15.6 Å². The Morgan fingerprint density at radius 2 is 2.00 bits per heavy atom. The van der Waals surface area contributed by atoms with Crippen LogP contribution in [-0.4, -0.2) is 30.5 Å². The molecule has 28 heavy (non-hydrogen) atoms. The molecule has 5 nitrogen and oxygen atoms in total. The fourth-order valence-electron chi connectivity index (χ4n) is 3.91. The summed E-state index contributed by atoms with van der Waals surface area (Å²) < 4.78 is 14.8. The van der Waals surface area contributed by atoms with Crippen LogP contribution in [0.2, 0.25) is 5.02 Å². The normalized spacial score (nSPS) is 17.2. The van der Waals surface area contributed by atoms with E-state index in [1.807, 2.05) is 0 Å². The highest BCUT2D eigenvalue weighted by Crippen LogP contribution is 2.34. The fraction of sp³-hybridized carbons (Fsp3) is 0.429. The van der Waals surface area contributed by atoms with Gasteiger partial charge in [-0.25, -0.2) is 4.39 Å². The molecular formula is C21H26ClFN4O. The first-order chi connectivity index (χ1) is 13.5. The topological polar surface area (TPSA) is 80.0 Å². The van der Waals surface area contributed by atoms with Crippen LogP contribution < -0.4 is 16.4 Å². The molecule has 4 N–H and O–H groups in total. The molecule has 7 heteroatoms. The molecule has 0 saturated carbocycles. The van der Waals surface area contributed by atoms with Gasteiger partial charge in [0.05, 0.1) is 0 Å². The maximum atomic E-state index is 14.8. The lowest BCUT2D eigenvalue weighted by Crippen LogP contribution is -2.55. The van der Waals surface area contributed by atoms with Crippen LogP contribution in [0.1, 0.15) is 30.4 Å². The molecule has 0 aliphatic carbocycles. The Labute approximate surface area is 169 Å². The van der Waals surface area contributed by atoms with Gasteiger partial charge in [0, 0.05) is 29.4 Å². The van der Waals surface area contributed by atoms with Crippen LogP contribution in [0.25, 0.3) is 0 Å². The maximum Gasteiger partial charge on any atom is 0.242 e. The van der Waals surface area contributed by atoms with Crippen molar-refractivity contribution in [2.45, 2.75) is 31.2 Å². The van der Waals surface area contributed by atoms with Crippen LogP contribution in [0.3, 0.4) is 0 Å². The van der Waals surface area contributed by atoms with E-state index in [-0.39, 0.29) is 17.0 Å². The van der Waals surface area contributed by atoms with Crippen molar-refractivity contribution < 1.29 is 9.18 Å². The molecular weight excluding hydrogens is 379 g/mol. The molecule has 1 unspecified atom stereocenters. The van der Waals surface area contributed by atoms with Gasteiger partial charge in [-0.1, -0.05) is 17.7 Å². The average Bonchev–Trinajstić information content (AvgIpc) is 2.69. The Morgan fingerprint density at radius 1 is 1.29 bits per heavy atom. The maximum absolute atomic E-state index is 14.8. The molecule has 0 spiro atoms. The largest absolute Gasteiger partial charge is 0.368 e. The number of hydrogen-bond donors (Lipinski definition) is 3. The molecule has 2 aromatic rings. The summed E-state index contributed by atoms with van der Waals surface area (Å²) in [6.07, 6.45) is 6.54. The number of pyridine rings is 1. The van der Waals surface area contributed by atoms with Crippen LogP contribution in [0.15, 0.2) is 42.7 Å². The van der Waals surface area contributed by atoms with Gasteiger partial charge in [0.15, 0.2) is 0 Å². The van der Waals surface area contributed by atoms with Gasteiger partial charge in [-0.2, -0.15) is 0 Å². The molecule has 2 heterocycles. The van der Waals surface area contributed by atoms with Gasteiger partial charge in [-0.3, -0.25) is 15.1 Å². The molecule has 1 aromatic heterocycles. The highest BCUT2D eigenvalue weighted by Gasteiger charge is 2.42. The van der Waals surface area contributed by atoms with Crippen molar-refractivity contribution in [2.75, 3.05) is 19.6 Å². The summed E-state index contributed by atoms with van der Waals surface area (Å²) in [5.41, 5.74) is 5.35. The predicted molar refractivity (Wildman–Crippen MR) is 108 cm³/mol. The number of carbonyl (C=O) groups is 1. The minimum absolute atomic E-state index is 0.103. The molecule has 1 aromatic carbocycles. The number of carbonyl (C=O) groups excluding carboxylic acids is 1. The Kier molecular flexibility index (Phi) is 6.99. The lowest BCUT2D eigenvalue weighted by molar-refractivity contribution is -0.125. The lowest BCUT2D eigenvalue weighted by atomic mass is 9.82. The van der Waals surface area contributed by atoms with E-state index in [4.69, 9.17) is 17.3 Å². The van der Waals surface area contributed by atoms with E-state index in [1.165, 1.54) is 12.1 Å². The van der Waals surface area contributed by atoms with E-state index in [9.17, 15) is 9.18 Å². The second-order valence-corrected chi connectivity index (χ2v) is 7.71. The van der Waals surface area contributed by atoms with E-state index in [1.54, 1.807) is 30.6 Å². The Hall–Kier alpha value is -2.02. The zero-order chi connectivity index (χ0) is 20.0. The standard InChI is InChI=1S/C21H26ClFN4O/c22-17-2-1-3-18(23)19(17)21(20(24)28,14-16-6-11-26-12-7-16)27-13-8-15-4-9-25-10-5-15/h1-3,6-7,11-12,15,25,27H,4-5,8-10,13-14H2,(H2,24,28). The first kappa shape index (κ1) is 20.7. The number of halogens is 2. The molecule has 1 aliphatic rings. The molecule has 3 rings (SSSR count). The minimum Gasteiger partial charge on any atom is -0.368 e. The molecule has 1 aliphatic heterocycles. The SMILES string of the molecule is NC(=O)C(Cc1ccncc1)(NCCC1CCNCC1)c1c(F)cccc1Cl. The van der Waals surface area contributed by atoms with Crippen molar-refractivity contribution in [1.82, 2.24) is 15.6 Å². The molecule has 1 saturated heterocycles. The number of benzene rings is 1. The van der Waals surface area contributed by atoms with Gasteiger partial charge in [-0.05, 0) is 74.6 Å². The van der Waals surface area contributed by atoms with Gasteiger partial charge in [0.1, 0.15) is 11.4 Å². The highest BCUT2D eigenvalue weighted by molar-refractivity contribution is 6.31. The summed E-state index contributed by atoms with van der Waals surface area (Å²) in [5.74, 6) is -0.632. The number of hydrogen-bond acceptors (Lipinski definition) is 4. The first-order valence-electron chi connectivity index (χ1n) is 9.62. The van der Waals surface area contributed by atoms with Crippen LogP contribution in [-0.2, 0) is 16.8 Å². The second kappa shape index (κ2) is 9.45. The summed E-state index contributed by atoms with van der Waals surface area (Å²) in [4.78, 5) is 16.7. The molecule has 0 radical (unpaired) electrons. The number of nitrogens with one attached hydrogen (secondary N) is 2. The Morgan fingerprint density at radius 3 is 2.64 bits per heavy atom. The van der Waals surface area contributed by atoms with Crippen molar-refractivity contribution in [3.05, 3.63) is 64.7 Å². The van der Waals surface area contributed by atoms with E-state index in [0.717, 1.165) is 37.9 Å². The van der Waals surface area contributed by atoms with Gasteiger partial charge in [-0.15, -0.1) is 0 Å². The number of rotatable bonds is 8. The molecule has 1 atom stereocenters. The fourth-order valence-corrected chi connectivity index (χ4v) is 4.23. The molecule has 1 fully saturated rings. The third-order valence-electron chi connectivity index (χ3n) is 5.47. The number of piperidine rings is 1. The summed E-state index contributed by atoms with van der Waals surface area (Å²) in [5, 5.41) is 6.81. The van der Waals surface area contributed by atoms with Gasteiger partial charge in [0.2, 0.25) is 5.91 Å². The number of amides is 1. The third kappa shape index (κ3) is 4.69. The highest BCUT2D eigenvalue weighted by atomic mass is 35.5. The molecule has 1 amide bonds. The van der Waals surface area contributed by atoms with Crippen molar-refractivity contribution >= 4 is 17.5 Å². The van der Waals surface area contributed by atoms with Crippen LogP contribution in [0.4, 0.5) is 4.39 Å². The van der Waals surface area contributed by atoms with E-state index < -0.39 is 17.3 Å². The van der Waals surface area contributed by atoms with Crippen LogP contribution >= 0.6 is 11.6 Å². The first-order valence-corrected chi connectivity index (χ1v) is 10.00. The summed E-state index contributed by atoms with van der Waals surface area (Å²) in [6, 6.07) is 7.99. The number of nitrogens with two attached hydrogens (primary N) is 1. The zero-order valence-electron chi connectivity index (χ0n) is 15.8. The van der Waals surface area contributed by atoms with E-state index >= 15 is 0 Å². The van der Waals surface area contributed by atoms with Gasteiger partial charge in [0.25, 0.3) is 0 Å². The number of aromatic nitrogens is 1. The van der Waals surface area contributed by atoms with Gasteiger partial charge < -0.3 is 11.1 Å². The number of primary amides is 1. The Balaban J connectivity index is 1.92. The third-order valence-corrected chi connectivity index (χ3v) is 5.78. The van der Waals surface area contributed by atoms with Crippen molar-refractivity contribution in [2.24, 2.45) is 11.7 Å². The number of nitrogens with zero attached hydrogens (tertiary/aromatic N) is 1. The van der Waals surface area contributed by atoms with Crippen molar-refractivity contribution in [1.29, 1.82) is 0 Å². The van der Waals surface area contributed by atoms with Gasteiger partial charge >= 0.3 is 0 Å². The van der Waals surface area contributed by atoms with Crippen molar-refractivity contribution in [3.63, 3.8) is 0 Å². The molecule has 150 valence electrons. The monoisotopic (exact) mass is 404 g/mol. The summed E-state index contributed by atoms with van der Waals surface area (Å²) >= 11 is 6.34. The molecule has 0 bridgehead atoms. The van der Waals surface area contributed by atoms with E-state index in [0.29, 0.717) is 12.5 Å². The average molecular weight is 405 g/mol. The smallest absolute Gasteiger partial charge is 0.242 e. The Bertz CT molecular complexity index is 778.